The average Bonchev–Trinajstić information content (AvgIpc) is 2.59. The van der Waals surface area contributed by atoms with Crippen LogP contribution in [-0.4, -0.2) is 11.7 Å². The van der Waals surface area contributed by atoms with E-state index in [0.29, 0.717) is 5.76 Å². The van der Waals surface area contributed by atoms with Gasteiger partial charge in [-0.2, -0.15) is 0 Å². The van der Waals surface area contributed by atoms with Gasteiger partial charge < -0.3 is 10.4 Å². The predicted octanol–water partition coefficient (Wildman–Crippen LogP) is 7.65. The van der Waals surface area contributed by atoms with Gasteiger partial charge in [-0.25, -0.2) is 0 Å². The Labute approximate surface area is 152 Å². The monoisotopic (exact) mass is 339 g/mol. The van der Waals surface area contributed by atoms with Gasteiger partial charge in [0.25, 0.3) is 0 Å². The van der Waals surface area contributed by atoms with Crippen LogP contribution in [0.2, 0.25) is 0 Å². The van der Waals surface area contributed by atoms with Crippen molar-refractivity contribution >= 4 is 0 Å². The molecule has 0 spiro atoms. The quantitative estimate of drug-likeness (QED) is 0.187. The molecule has 0 aliphatic heterocycles. The zero-order valence-corrected chi connectivity index (χ0v) is 16.8. The molecule has 0 bridgehead atoms. The Morgan fingerprint density at radius 3 is 1.54 bits per heavy atom. The molecule has 0 aliphatic carbocycles. The fourth-order valence-electron chi connectivity index (χ4n) is 3.06. The zero-order valence-electron chi connectivity index (χ0n) is 16.8. The van der Waals surface area contributed by atoms with Gasteiger partial charge in [0.2, 0.25) is 0 Å². The Kier molecular flexibility index (Phi) is 19.8. The Morgan fingerprint density at radius 1 is 0.625 bits per heavy atom. The number of rotatable bonds is 19. The topological polar surface area (TPSA) is 32.3 Å². The highest BCUT2D eigenvalue weighted by Gasteiger charge is 1.95. The molecule has 0 radical (unpaired) electrons. The van der Waals surface area contributed by atoms with Crippen LogP contribution >= 0.6 is 0 Å². The number of hydrogen-bond acceptors (Lipinski definition) is 2. The van der Waals surface area contributed by atoms with E-state index in [4.69, 9.17) is 0 Å². The van der Waals surface area contributed by atoms with Crippen molar-refractivity contribution < 1.29 is 5.11 Å². The highest BCUT2D eigenvalue weighted by atomic mass is 16.3. The van der Waals surface area contributed by atoms with E-state index in [0.717, 1.165) is 19.4 Å². The fourth-order valence-corrected chi connectivity index (χ4v) is 3.06. The Hall–Kier alpha value is -0.660. The fraction of sp³-hybridized carbons (Fsp3) is 0.909. The third-order valence-corrected chi connectivity index (χ3v) is 4.73. The summed E-state index contributed by atoms with van der Waals surface area (Å²) < 4.78 is 0. The van der Waals surface area contributed by atoms with Gasteiger partial charge in [-0.1, -0.05) is 104 Å². The van der Waals surface area contributed by atoms with Crippen LogP contribution in [-0.2, 0) is 0 Å². The second-order valence-corrected chi connectivity index (χ2v) is 7.29. The summed E-state index contributed by atoms with van der Waals surface area (Å²) in [6, 6.07) is 0. The minimum atomic E-state index is 0.519. The summed E-state index contributed by atoms with van der Waals surface area (Å²) in [7, 11) is 0. The van der Waals surface area contributed by atoms with Crippen LogP contribution in [0, 0.1) is 0 Å². The van der Waals surface area contributed by atoms with Crippen LogP contribution in [0.25, 0.3) is 0 Å². The summed E-state index contributed by atoms with van der Waals surface area (Å²) in [4.78, 5) is 0. The first-order valence-electron chi connectivity index (χ1n) is 10.9. The molecule has 2 heteroatoms. The maximum Gasteiger partial charge on any atom is 0.108 e. The van der Waals surface area contributed by atoms with Crippen molar-refractivity contribution in [3.8, 4) is 0 Å². The van der Waals surface area contributed by atoms with E-state index in [1.807, 2.05) is 6.20 Å². The average molecular weight is 340 g/mol. The molecule has 0 aromatic rings. The van der Waals surface area contributed by atoms with E-state index in [1.165, 1.54) is 96.3 Å². The summed E-state index contributed by atoms with van der Waals surface area (Å²) in [5.41, 5.74) is 0. The normalized spacial score (nSPS) is 11.8. The van der Waals surface area contributed by atoms with Gasteiger partial charge in [-0.05, 0) is 12.8 Å². The molecule has 0 fully saturated rings. The molecule has 0 unspecified atom stereocenters. The Bertz CT molecular complexity index is 263. The Balaban J connectivity index is 3.16. The van der Waals surface area contributed by atoms with Crippen LogP contribution in [0.15, 0.2) is 12.0 Å². The lowest BCUT2D eigenvalue weighted by molar-refractivity contribution is 0.375. The van der Waals surface area contributed by atoms with Crippen LogP contribution < -0.4 is 5.32 Å². The minimum absolute atomic E-state index is 0.519. The molecule has 0 rings (SSSR count). The number of nitrogens with one attached hydrogen (secondary N) is 1. The number of unbranched alkanes of at least 4 members (excludes halogenated alkanes) is 14. The van der Waals surface area contributed by atoms with Gasteiger partial charge in [0, 0.05) is 19.2 Å². The van der Waals surface area contributed by atoms with Gasteiger partial charge in [-0.15, -0.1) is 0 Å². The van der Waals surface area contributed by atoms with E-state index < -0.39 is 0 Å². The predicted molar refractivity (Wildman–Crippen MR) is 109 cm³/mol. The van der Waals surface area contributed by atoms with Crippen LogP contribution in [0.1, 0.15) is 123 Å². The molecule has 0 aromatic heterocycles. The van der Waals surface area contributed by atoms with E-state index >= 15 is 0 Å². The van der Waals surface area contributed by atoms with Gasteiger partial charge in [0.1, 0.15) is 5.76 Å². The standard InChI is InChI=1S/C22H45NO/c1-3-5-7-9-10-11-12-13-14-15-16-18-20-23-21-22(24)19-17-8-6-4-2/h21,23-24H,3-20H2,1-2H3. The molecule has 144 valence electrons. The molecule has 24 heavy (non-hydrogen) atoms. The number of hydrogen-bond donors (Lipinski definition) is 2. The van der Waals surface area contributed by atoms with E-state index in [9.17, 15) is 5.11 Å². The smallest absolute Gasteiger partial charge is 0.108 e. The Morgan fingerprint density at radius 2 is 1.04 bits per heavy atom. The van der Waals surface area contributed by atoms with Crippen molar-refractivity contribution in [2.24, 2.45) is 0 Å². The first-order chi connectivity index (χ1) is 11.8. The SMILES string of the molecule is CCCCCCCCCCCCCCNC=C(O)CCCCCC. The molecular weight excluding hydrogens is 294 g/mol. The second kappa shape index (κ2) is 20.4. The summed E-state index contributed by atoms with van der Waals surface area (Å²) in [6.45, 7) is 5.49. The van der Waals surface area contributed by atoms with Gasteiger partial charge >= 0.3 is 0 Å². The molecule has 2 nitrogen and oxygen atoms in total. The maximum atomic E-state index is 9.74. The molecule has 0 saturated carbocycles. The van der Waals surface area contributed by atoms with Crippen LogP contribution in [0.4, 0.5) is 0 Å². The molecule has 0 aromatic carbocycles. The van der Waals surface area contributed by atoms with Gasteiger partial charge in [0.15, 0.2) is 0 Å². The number of allylic oxidation sites excluding steroid dienone is 1. The molecule has 0 atom stereocenters. The molecule has 0 saturated heterocycles. The number of aliphatic hydroxyl groups is 1. The van der Waals surface area contributed by atoms with E-state index in [2.05, 4.69) is 19.2 Å². The first kappa shape index (κ1) is 23.3. The van der Waals surface area contributed by atoms with Gasteiger partial charge in [0.05, 0.1) is 0 Å². The highest BCUT2D eigenvalue weighted by Crippen LogP contribution is 2.12. The number of aliphatic hydroxyl groups excluding tert-OH is 1. The van der Waals surface area contributed by atoms with Crippen molar-refractivity contribution in [1.82, 2.24) is 5.32 Å². The summed E-state index contributed by atoms with van der Waals surface area (Å²) >= 11 is 0. The second-order valence-electron chi connectivity index (χ2n) is 7.29. The molecule has 0 heterocycles. The lowest BCUT2D eigenvalue weighted by atomic mass is 10.1. The van der Waals surface area contributed by atoms with Crippen LogP contribution in [0.3, 0.4) is 0 Å². The highest BCUT2D eigenvalue weighted by molar-refractivity contribution is 4.88. The van der Waals surface area contributed by atoms with Crippen molar-refractivity contribution in [3.63, 3.8) is 0 Å². The molecule has 0 amide bonds. The lowest BCUT2D eigenvalue weighted by Crippen LogP contribution is -2.08. The lowest BCUT2D eigenvalue weighted by Gasteiger charge is -2.04. The van der Waals surface area contributed by atoms with Crippen LogP contribution in [0.5, 0.6) is 0 Å². The van der Waals surface area contributed by atoms with Crippen molar-refractivity contribution in [2.75, 3.05) is 6.54 Å². The molecule has 0 aliphatic rings. The third-order valence-electron chi connectivity index (χ3n) is 4.73. The van der Waals surface area contributed by atoms with Crippen molar-refractivity contribution in [3.05, 3.63) is 12.0 Å². The zero-order chi connectivity index (χ0) is 17.7. The van der Waals surface area contributed by atoms with Crippen molar-refractivity contribution in [1.29, 1.82) is 0 Å². The van der Waals surface area contributed by atoms with E-state index in [-0.39, 0.29) is 0 Å². The summed E-state index contributed by atoms with van der Waals surface area (Å²) in [6.07, 6.45) is 24.2. The maximum absolute atomic E-state index is 9.74. The van der Waals surface area contributed by atoms with E-state index in [1.54, 1.807) is 0 Å². The summed E-state index contributed by atoms with van der Waals surface area (Å²) in [5, 5.41) is 13.0. The molecular formula is C22H45NO. The first-order valence-corrected chi connectivity index (χ1v) is 10.9. The van der Waals surface area contributed by atoms with Crippen molar-refractivity contribution in [2.45, 2.75) is 123 Å². The minimum Gasteiger partial charge on any atom is -0.511 e. The molecule has 2 N–H and O–H groups in total. The third kappa shape index (κ3) is 19.4. The summed E-state index contributed by atoms with van der Waals surface area (Å²) in [5.74, 6) is 0.519. The van der Waals surface area contributed by atoms with Gasteiger partial charge in [-0.3, -0.25) is 0 Å². The largest absolute Gasteiger partial charge is 0.511 e.